The number of hydrogen-bond acceptors (Lipinski definition) is 3. The summed E-state index contributed by atoms with van der Waals surface area (Å²) in [5, 5.41) is 5.47. The second kappa shape index (κ2) is 7.56. The van der Waals surface area contributed by atoms with Crippen LogP contribution in [0.25, 0.3) is 0 Å². The summed E-state index contributed by atoms with van der Waals surface area (Å²) >= 11 is 3.34. The molecule has 0 saturated carbocycles. The van der Waals surface area contributed by atoms with Crippen LogP contribution >= 0.6 is 15.9 Å². The third kappa shape index (κ3) is 5.47. The lowest BCUT2D eigenvalue weighted by atomic mass is 9.92. The molecule has 1 unspecified atom stereocenters. The number of hydrogen-bond donors (Lipinski definition) is 3. The molecule has 0 radical (unpaired) electrons. The van der Waals surface area contributed by atoms with Crippen molar-refractivity contribution >= 4 is 27.7 Å². The van der Waals surface area contributed by atoms with E-state index in [2.05, 4.69) is 26.6 Å². The third-order valence-corrected chi connectivity index (χ3v) is 3.53. The van der Waals surface area contributed by atoms with Gasteiger partial charge in [0.15, 0.2) is 0 Å². The number of nitrogens with two attached hydrogens (primary N) is 1. The van der Waals surface area contributed by atoms with Gasteiger partial charge in [-0.05, 0) is 38.5 Å². The Labute approximate surface area is 133 Å². The van der Waals surface area contributed by atoms with E-state index in [9.17, 15) is 9.59 Å². The van der Waals surface area contributed by atoms with Crippen LogP contribution in [0.1, 0.15) is 32.8 Å². The maximum atomic E-state index is 12.2. The van der Waals surface area contributed by atoms with Crippen molar-refractivity contribution in [2.45, 2.75) is 38.8 Å². The van der Waals surface area contributed by atoms with Crippen LogP contribution in [0.15, 0.2) is 28.7 Å². The van der Waals surface area contributed by atoms with Gasteiger partial charge in [0.1, 0.15) is 5.54 Å². The number of benzene rings is 1. The van der Waals surface area contributed by atoms with Gasteiger partial charge in [0, 0.05) is 23.5 Å². The summed E-state index contributed by atoms with van der Waals surface area (Å²) in [6.07, 6.45) is 0.236. The Bertz CT molecular complexity index is 498. The fraction of sp³-hybridized carbons (Fsp3) is 0.467. The van der Waals surface area contributed by atoms with Gasteiger partial charge in [0.25, 0.3) is 0 Å². The predicted molar refractivity (Wildman–Crippen MR) is 86.6 cm³/mol. The summed E-state index contributed by atoms with van der Waals surface area (Å²) in [7, 11) is 0. The molecule has 0 aliphatic carbocycles. The standard InChI is InChI=1S/C15H22BrN3O2/c1-10(2)19-13(20)8-9-18-14(21)15(3,17)11-4-6-12(16)7-5-11/h4-7,10H,8-9,17H2,1-3H3,(H,18,21)(H,19,20). The molecule has 0 aliphatic rings. The van der Waals surface area contributed by atoms with E-state index in [4.69, 9.17) is 5.73 Å². The Morgan fingerprint density at radius 1 is 1.29 bits per heavy atom. The monoisotopic (exact) mass is 355 g/mol. The van der Waals surface area contributed by atoms with Crippen molar-refractivity contribution in [2.75, 3.05) is 6.54 Å². The van der Waals surface area contributed by atoms with E-state index in [0.717, 1.165) is 10.0 Å². The zero-order chi connectivity index (χ0) is 16.0. The molecule has 4 N–H and O–H groups in total. The molecule has 5 nitrogen and oxygen atoms in total. The molecule has 0 spiro atoms. The molecule has 0 saturated heterocycles. The van der Waals surface area contributed by atoms with Crippen LogP contribution in [-0.4, -0.2) is 24.4 Å². The predicted octanol–water partition coefficient (Wildman–Crippen LogP) is 1.65. The first kappa shape index (κ1) is 17.7. The summed E-state index contributed by atoms with van der Waals surface area (Å²) < 4.78 is 0.924. The van der Waals surface area contributed by atoms with E-state index in [1.165, 1.54) is 0 Å². The van der Waals surface area contributed by atoms with Crippen LogP contribution < -0.4 is 16.4 Å². The lowest BCUT2D eigenvalue weighted by molar-refractivity contribution is -0.126. The average molecular weight is 356 g/mol. The first-order chi connectivity index (χ1) is 9.73. The maximum Gasteiger partial charge on any atom is 0.244 e. The molecule has 0 heterocycles. The van der Waals surface area contributed by atoms with E-state index in [0.29, 0.717) is 0 Å². The Kier molecular flexibility index (Phi) is 6.36. The van der Waals surface area contributed by atoms with E-state index in [1.54, 1.807) is 19.1 Å². The highest BCUT2D eigenvalue weighted by atomic mass is 79.9. The molecule has 1 aromatic carbocycles. The summed E-state index contributed by atoms with van der Waals surface area (Å²) in [4.78, 5) is 23.7. The smallest absolute Gasteiger partial charge is 0.244 e. The molecule has 0 bridgehead atoms. The number of carbonyl (C=O) groups excluding carboxylic acids is 2. The highest BCUT2D eigenvalue weighted by molar-refractivity contribution is 9.10. The summed E-state index contributed by atoms with van der Waals surface area (Å²) in [6.45, 7) is 5.70. The lowest BCUT2D eigenvalue weighted by Gasteiger charge is -2.24. The molecule has 21 heavy (non-hydrogen) atoms. The maximum absolute atomic E-state index is 12.2. The first-order valence-electron chi connectivity index (χ1n) is 6.86. The number of amides is 2. The van der Waals surface area contributed by atoms with Crippen molar-refractivity contribution in [1.29, 1.82) is 0 Å². The molecular formula is C15H22BrN3O2. The van der Waals surface area contributed by atoms with Gasteiger partial charge in [-0.3, -0.25) is 9.59 Å². The SMILES string of the molecule is CC(C)NC(=O)CCNC(=O)C(C)(N)c1ccc(Br)cc1. The average Bonchev–Trinajstić information content (AvgIpc) is 2.38. The molecule has 1 aromatic rings. The van der Waals surface area contributed by atoms with Crippen molar-refractivity contribution < 1.29 is 9.59 Å². The largest absolute Gasteiger partial charge is 0.354 e. The van der Waals surface area contributed by atoms with Gasteiger partial charge in [-0.2, -0.15) is 0 Å². The van der Waals surface area contributed by atoms with E-state index in [-0.39, 0.29) is 30.8 Å². The molecule has 6 heteroatoms. The van der Waals surface area contributed by atoms with Crippen molar-refractivity contribution in [3.63, 3.8) is 0 Å². The second-order valence-corrected chi connectivity index (χ2v) is 6.35. The first-order valence-corrected chi connectivity index (χ1v) is 7.65. The second-order valence-electron chi connectivity index (χ2n) is 5.44. The van der Waals surface area contributed by atoms with E-state index < -0.39 is 5.54 Å². The van der Waals surface area contributed by atoms with Crippen molar-refractivity contribution in [3.8, 4) is 0 Å². The fourth-order valence-electron chi connectivity index (χ4n) is 1.79. The van der Waals surface area contributed by atoms with Gasteiger partial charge < -0.3 is 16.4 Å². The van der Waals surface area contributed by atoms with Crippen molar-refractivity contribution in [1.82, 2.24) is 10.6 Å². The number of halogens is 1. The Balaban J connectivity index is 2.54. The molecule has 1 rings (SSSR count). The molecule has 0 aliphatic heterocycles. The zero-order valence-corrected chi connectivity index (χ0v) is 14.2. The summed E-state index contributed by atoms with van der Waals surface area (Å²) in [6, 6.07) is 7.37. The molecule has 1 atom stereocenters. The Hall–Kier alpha value is -1.40. The van der Waals surface area contributed by atoms with Crippen LogP contribution in [0.3, 0.4) is 0 Å². The van der Waals surface area contributed by atoms with Crippen LogP contribution in [0.4, 0.5) is 0 Å². The summed E-state index contributed by atoms with van der Waals surface area (Å²) in [5.74, 6) is -0.394. The van der Waals surface area contributed by atoms with Crippen LogP contribution in [-0.2, 0) is 15.1 Å². The van der Waals surface area contributed by atoms with Gasteiger partial charge in [-0.15, -0.1) is 0 Å². The number of carbonyl (C=O) groups is 2. The highest BCUT2D eigenvalue weighted by Crippen LogP contribution is 2.20. The fourth-order valence-corrected chi connectivity index (χ4v) is 2.06. The number of nitrogens with one attached hydrogen (secondary N) is 2. The van der Waals surface area contributed by atoms with Crippen LogP contribution in [0, 0.1) is 0 Å². The topological polar surface area (TPSA) is 84.2 Å². The van der Waals surface area contributed by atoms with Crippen LogP contribution in [0.5, 0.6) is 0 Å². The van der Waals surface area contributed by atoms with Crippen molar-refractivity contribution in [3.05, 3.63) is 34.3 Å². The van der Waals surface area contributed by atoms with Crippen molar-refractivity contribution in [2.24, 2.45) is 5.73 Å². The molecule has 0 fully saturated rings. The minimum Gasteiger partial charge on any atom is -0.354 e. The normalized spacial score (nSPS) is 13.6. The van der Waals surface area contributed by atoms with Gasteiger partial charge in [0.05, 0.1) is 0 Å². The molecule has 0 aromatic heterocycles. The third-order valence-electron chi connectivity index (χ3n) is 3.00. The van der Waals surface area contributed by atoms with E-state index >= 15 is 0 Å². The zero-order valence-electron chi connectivity index (χ0n) is 12.6. The van der Waals surface area contributed by atoms with Gasteiger partial charge >= 0.3 is 0 Å². The molecular weight excluding hydrogens is 334 g/mol. The van der Waals surface area contributed by atoms with Gasteiger partial charge in [0.2, 0.25) is 11.8 Å². The molecule has 116 valence electrons. The van der Waals surface area contributed by atoms with Gasteiger partial charge in [-0.25, -0.2) is 0 Å². The highest BCUT2D eigenvalue weighted by Gasteiger charge is 2.30. The lowest BCUT2D eigenvalue weighted by Crippen LogP contribution is -2.49. The summed E-state index contributed by atoms with van der Waals surface area (Å²) in [5.41, 5.74) is 5.69. The van der Waals surface area contributed by atoms with E-state index in [1.807, 2.05) is 26.0 Å². The Morgan fingerprint density at radius 3 is 2.38 bits per heavy atom. The molecule has 2 amide bonds. The Morgan fingerprint density at radius 2 is 1.86 bits per heavy atom. The van der Waals surface area contributed by atoms with Crippen LogP contribution in [0.2, 0.25) is 0 Å². The quantitative estimate of drug-likeness (QED) is 0.725. The minimum absolute atomic E-state index is 0.0901. The number of rotatable bonds is 6. The van der Waals surface area contributed by atoms with Gasteiger partial charge in [-0.1, -0.05) is 28.1 Å². The minimum atomic E-state index is -1.13.